The fourth-order valence-corrected chi connectivity index (χ4v) is 6.13. The summed E-state index contributed by atoms with van der Waals surface area (Å²) in [5, 5.41) is 9.58. The Morgan fingerprint density at radius 1 is 1.14 bits per heavy atom. The number of benzene rings is 1. The number of rotatable bonds is 12. The van der Waals surface area contributed by atoms with Crippen molar-refractivity contribution in [2.24, 2.45) is 5.92 Å². The summed E-state index contributed by atoms with van der Waals surface area (Å²) in [6, 6.07) is 8.39. The molecule has 1 aromatic carbocycles. The lowest BCUT2D eigenvalue weighted by atomic mass is 9.82. The normalized spacial score (nSPS) is 19.3. The summed E-state index contributed by atoms with van der Waals surface area (Å²) in [6.07, 6.45) is 7.99. The van der Waals surface area contributed by atoms with Crippen LogP contribution in [0.3, 0.4) is 0 Å². The minimum absolute atomic E-state index is 0.0398. The molecule has 1 heterocycles. The number of methoxy groups -OCH3 is 1. The minimum atomic E-state index is -4.10. The molecule has 192 valence electrons. The summed E-state index contributed by atoms with van der Waals surface area (Å²) in [6.45, 7) is 2.77. The number of hydrogen-bond acceptors (Lipinski definition) is 7. The van der Waals surface area contributed by atoms with E-state index in [9.17, 15) is 18.4 Å². The molecule has 2 N–H and O–H groups in total. The molecule has 1 saturated carbocycles. The zero-order valence-electron chi connectivity index (χ0n) is 20.3. The van der Waals surface area contributed by atoms with E-state index in [0.717, 1.165) is 25.7 Å². The van der Waals surface area contributed by atoms with Gasteiger partial charge < -0.3 is 9.47 Å². The number of hydroxylamine groups is 1. The molecule has 1 atom stereocenters. The molecule has 1 aromatic heterocycles. The Morgan fingerprint density at radius 3 is 2.37 bits per heavy atom. The van der Waals surface area contributed by atoms with Crippen molar-refractivity contribution in [3.05, 3.63) is 54.4 Å². The summed E-state index contributed by atoms with van der Waals surface area (Å²) >= 11 is 0. The number of nitrogens with one attached hydrogen (secondary N) is 1. The van der Waals surface area contributed by atoms with Crippen LogP contribution >= 0.6 is 0 Å². The molecule has 0 bridgehead atoms. The first kappa shape index (κ1) is 27.1. The van der Waals surface area contributed by atoms with Gasteiger partial charge in [0.1, 0.15) is 11.8 Å². The first-order chi connectivity index (χ1) is 16.9. The van der Waals surface area contributed by atoms with Crippen LogP contribution in [0.1, 0.15) is 51.0 Å². The van der Waals surface area contributed by atoms with Crippen molar-refractivity contribution in [3.63, 3.8) is 0 Å². The lowest BCUT2D eigenvalue weighted by Crippen LogP contribution is -2.53. The highest BCUT2D eigenvalue weighted by Crippen LogP contribution is 2.34. The lowest BCUT2D eigenvalue weighted by molar-refractivity contribution is -0.136. The second-order valence-electron chi connectivity index (χ2n) is 8.76. The van der Waals surface area contributed by atoms with E-state index in [1.165, 1.54) is 23.5 Å². The second-order valence-corrected chi connectivity index (χ2v) is 10.7. The predicted molar refractivity (Wildman–Crippen MR) is 130 cm³/mol. The topological polar surface area (TPSA) is 118 Å². The van der Waals surface area contributed by atoms with Crippen molar-refractivity contribution in [2.75, 3.05) is 13.7 Å². The zero-order valence-corrected chi connectivity index (χ0v) is 21.1. The molecular formula is C25H35N3O6S. The number of aromatic nitrogens is 1. The number of ether oxygens (including phenoxy) is 2. The van der Waals surface area contributed by atoms with E-state index in [2.05, 4.69) is 11.9 Å². The quantitative estimate of drug-likeness (QED) is 0.257. The Bertz CT molecular complexity index is 1020. The third-order valence-corrected chi connectivity index (χ3v) is 8.30. The van der Waals surface area contributed by atoms with Crippen molar-refractivity contribution < 1.29 is 27.9 Å². The van der Waals surface area contributed by atoms with Crippen molar-refractivity contribution in [1.29, 1.82) is 0 Å². The Kier molecular flexibility index (Phi) is 10.0. The number of carbonyl (C=O) groups excluding carboxylic acids is 1. The van der Waals surface area contributed by atoms with Gasteiger partial charge in [-0.25, -0.2) is 13.9 Å². The molecule has 1 unspecified atom stereocenters. The van der Waals surface area contributed by atoms with Gasteiger partial charge in [-0.2, -0.15) is 4.31 Å². The number of pyridine rings is 1. The number of unbranched alkanes of at least 4 members (excludes halogenated alkanes) is 1. The number of sulfonamides is 1. The highest BCUT2D eigenvalue weighted by Gasteiger charge is 2.42. The van der Waals surface area contributed by atoms with Gasteiger partial charge >= 0.3 is 0 Å². The van der Waals surface area contributed by atoms with Crippen LogP contribution in [-0.4, -0.2) is 54.7 Å². The Morgan fingerprint density at radius 2 is 1.80 bits per heavy atom. The maximum absolute atomic E-state index is 13.9. The maximum atomic E-state index is 13.9. The van der Waals surface area contributed by atoms with Crippen LogP contribution in [0.5, 0.6) is 5.75 Å². The van der Waals surface area contributed by atoms with Crippen LogP contribution in [0, 0.1) is 5.92 Å². The molecule has 35 heavy (non-hydrogen) atoms. The molecule has 3 rings (SSSR count). The molecule has 0 saturated heterocycles. The molecule has 0 radical (unpaired) electrons. The molecule has 1 amide bonds. The van der Waals surface area contributed by atoms with E-state index < -0.39 is 22.0 Å². The van der Waals surface area contributed by atoms with Gasteiger partial charge in [0, 0.05) is 25.5 Å². The van der Waals surface area contributed by atoms with Gasteiger partial charge in [0.25, 0.3) is 5.91 Å². The summed E-state index contributed by atoms with van der Waals surface area (Å²) in [4.78, 5) is 17.0. The minimum Gasteiger partial charge on any atom is -0.497 e. The number of carbonyl (C=O) groups is 1. The summed E-state index contributed by atoms with van der Waals surface area (Å²) in [5.74, 6) is -0.495. The summed E-state index contributed by atoms with van der Waals surface area (Å²) < 4.78 is 40.0. The average molecular weight is 506 g/mol. The van der Waals surface area contributed by atoms with Crippen molar-refractivity contribution >= 4 is 15.9 Å². The number of nitrogens with zero attached hydrogens (tertiary/aromatic N) is 2. The molecule has 1 aliphatic rings. The highest BCUT2D eigenvalue weighted by atomic mass is 32.2. The van der Waals surface area contributed by atoms with E-state index in [1.54, 1.807) is 42.1 Å². The maximum Gasteiger partial charge on any atom is 0.262 e. The van der Waals surface area contributed by atoms with Crippen LogP contribution in [0.15, 0.2) is 53.7 Å². The van der Waals surface area contributed by atoms with Crippen LogP contribution in [-0.2, 0) is 26.1 Å². The van der Waals surface area contributed by atoms with E-state index in [4.69, 9.17) is 9.47 Å². The van der Waals surface area contributed by atoms with Gasteiger partial charge in [-0.15, -0.1) is 0 Å². The van der Waals surface area contributed by atoms with Crippen LogP contribution < -0.4 is 10.2 Å². The lowest BCUT2D eigenvalue weighted by Gasteiger charge is -2.38. The standard InChI is InChI=1S/C25H35N3O6S/c1-3-4-17-34-22-7-5-20(6-8-22)24(25(29)27-30)28(18-19-13-15-26-16-14-19)35(31,32)23-11-9-21(33-2)10-12-23/h9-16,20,22,24,30H,3-8,17-18H2,1-2H3,(H,27,29). The van der Waals surface area contributed by atoms with Crippen LogP contribution in [0.2, 0.25) is 0 Å². The van der Waals surface area contributed by atoms with E-state index in [0.29, 0.717) is 30.8 Å². The first-order valence-corrected chi connectivity index (χ1v) is 13.4. The second kappa shape index (κ2) is 13.0. The van der Waals surface area contributed by atoms with Crippen molar-refractivity contribution in [1.82, 2.24) is 14.8 Å². The Hall–Kier alpha value is -2.53. The Balaban J connectivity index is 1.92. The van der Waals surface area contributed by atoms with Crippen LogP contribution in [0.4, 0.5) is 0 Å². The smallest absolute Gasteiger partial charge is 0.262 e. The molecule has 1 fully saturated rings. The highest BCUT2D eigenvalue weighted by molar-refractivity contribution is 7.89. The van der Waals surface area contributed by atoms with Crippen molar-refractivity contribution in [2.45, 2.75) is 69.0 Å². The third-order valence-electron chi connectivity index (χ3n) is 6.46. The molecule has 10 heteroatoms. The zero-order chi connectivity index (χ0) is 25.3. The SMILES string of the molecule is CCCCOC1CCC(C(C(=O)NO)N(Cc2ccncc2)S(=O)(=O)c2ccc(OC)cc2)CC1. The predicted octanol–water partition coefficient (Wildman–Crippen LogP) is 3.53. The Labute approximate surface area is 207 Å². The molecule has 2 aromatic rings. The molecule has 0 spiro atoms. The van der Waals surface area contributed by atoms with Gasteiger partial charge in [0.05, 0.1) is 18.1 Å². The van der Waals surface area contributed by atoms with E-state index >= 15 is 0 Å². The summed E-state index contributed by atoms with van der Waals surface area (Å²) in [7, 11) is -2.60. The van der Waals surface area contributed by atoms with Gasteiger partial charge in [0.2, 0.25) is 10.0 Å². The fraction of sp³-hybridized carbons (Fsp3) is 0.520. The largest absolute Gasteiger partial charge is 0.497 e. The number of hydrogen-bond donors (Lipinski definition) is 2. The fourth-order valence-electron chi connectivity index (χ4n) is 4.50. The first-order valence-electron chi connectivity index (χ1n) is 12.0. The van der Waals surface area contributed by atoms with Gasteiger partial charge in [-0.1, -0.05) is 13.3 Å². The third kappa shape index (κ3) is 7.00. The van der Waals surface area contributed by atoms with Gasteiger partial charge in [-0.3, -0.25) is 15.0 Å². The molecule has 1 aliphatic carbocycles. The average Bonchev–Trinajstić information content (AvgIpc) is 2.89. The van der Waals surface area contributed by atoms with Gasteiger partial charge in [-0.05, 0) is 80.0 Å². The summed E-state index contributed by atoms with van der Waals surface area (Å²) in [5.41, 5.74) is 2.40. The van der Waals surface area contributed by atoms with E-state index in [1.807, 2.05) is 0 Å². The van der Waals surface area contributed by atoms with Crippen LogP contribution in [0.25, 0.3) is 0 Å². The monoisotopic (exact) mass is 505 g/mol. The molecule has 0 aliphatic heterocycles. The van der Waals surface area contributed by atoms with E-state index in [-0.39, 0.29) is 23.5 Å². The molecule has 9 nitrogen and oxygen atoms in total. The van der Waals surface area contributed by atoms with Crippen molar-refractivity contribution in [3.8, 4) is 5.75 Å². The number of amides is 1. The molecular weight excluding hydrogens is 470 g/mol. The van der Waals surface area contributed by atoms with Gasteiger partial charge in [0.15, 0.2) is 0 Å².